The van der Waals surface area contributed by atoms with Crippen LogP contribution in [0.4, 0.5) is 5.69 Å². The summed E-state index contributed by atoms with van der Waals surface area (Å²) in [5.41, 5.74) is 1.82. The molecule has 104 valence electrons. The van der Waals surface area contributed by atoms with Crippen LogP contribution < -0.4 is 10.2 Å². The number of nitrogens with one attached hydrogen (secondary N) is 1. The summed E-state index contributed by atoms with van der Waals surface area (Å²) < 4.78 is 0. The lowest BCUT2D eigenvalue weighted by atomic mass is 9.90. The number of aryl methyl sites for hydroxylation is 1. The van der Waals surface area contributed by atoms with Gasteiger partial charge in [-0.25, -0.2) is 0 Å². The zero-order valence-corrected chi connectivity index (χ0v) is 12.2. The quantitative estimate of drug-likeness (QED) is 0.903. The van der Waals surface area contributed by atoms with E-state index in [-0.39, 0.29) is 11.4 Å². The highest BCUT2D eigenvalue weighted by Crippen LogP contribution is 2.28. The average molecular weight is 260 g/mol. The number of likely N-dealkylation sites (N-methyl/N-ethyl adjacent to an activating group) is 1. The van der Waals surface area contributed by atoms with Gasteiger partial charge in [0, 0.05) is 12.7 Å². The molecule has 0 aliphatic carbocycles. The number of hydrogen-bond acceptors (Lipinski definition) is 2. The van der Waals surface area contributed by atoms with Crippen LogP contribution in [0.3, 0.4) is 0 Å². The van der Waals surface area contributed by atoms with Gasteiger partial charge in [-0.15, -0.1) is 0 Å². The van der Waals surface area contributed by atoms with Crippen LogP contribution in [0, 0.1) is 6.92 Å². The Morgan fingerprint density at radius 2 is 2.26 bits per heavy atom. The highest BCUT2D eigenvalue weighted by molar-refractivity contribution is 6.00. The van der Waals surface area contributed by atoms with Gasteiger partial charge in [-0.1, -0.05) is 25.5 Å². The maximum absolute atomic E-state index is 12.8. The van der Waals surface area contributed by atoms with E-state index in [2.05, 4.69) is 31.3 Å². The summed E-state index contributed by atoms with van der Waals surface area (Å²) in [7, 11) is 1.88. The molecule has 1 aliphatic heterocycles. The molecule has 0 spiro atoms. The largest absolute Gasteiger partial charge is 0.314 e. The Kier molecular flexibility index (Phi) is 4.25. The van der Waals surface area contributed by atoms with E-state index in [1.54, 1.807) is 4.90 Å². The Morgan fingerprint density at radius 1 is 1.47 bits per heavy atom. The summed E-state index contributed by atoms with van der Waals surface area (Å²) >= 11 is 0. The van der Waals surface area contributed by atoms with E-state index >= 15 is 0 Å². The summed E-state index contributed by atoms with van der Waals surface area (Å²) in [6.07, 6.45) is 3.99. The van der Waals surface area contributed by atoms with Crippen molar-refractivity contribution in [3.8, 4) is 0 Å². The summed E-state index contributed by atoms with van der Waals surface area (Å²) in [4.78, 5) is 14.6. The van der Waals surface area contributed by atoms with Crippen molar-refractivity contribution in [3.63, 3.8) is 0 Å². The van der Waals surface area contributed by atoms with Crippen molar-refractivity contribution in [2.75, 3.05) is 18.5 Å². The Bertz CT molecular complexity index is 450. The van der Waals surface area contributed by atoms with Crippen molar-refractivity contribution >= 4 is 11.6 Å². The van der Waals surface area contributed by atoms with Gasteiger partial charge in [0.2, 0.25) is 5.91 Å². The highest BCUT2D eigenvalue weighted by Gasteiger charge is 2.41. The van der Waals surface area contributed by atoms with Gasteiger partial charge in [-0.05, 0) is 50.4 Å². The average Bonchev–Trinajstić information content (AvgIpc) is 2.87. The molecule has 0 radical (unpaired) electrons. The van der Waals surface area contributed by atoms with Crippen LogP contribution in [0.5, 0.6) is 0 Å². The second-order valence-corrected chi connectivity index (χ2v) is 5.57. The molecule has 0 aromatic heterocycles. The van der Waals surface area contributed by atoms with Gasteiger partial charge in [-0.3, -0.25) is 4.79 Å². The van der Waals surface area contributed by atoms with Gasteiger partial charge < -0.3 is 10.2 Å². The lowest BCUT2D eigenvalue weighted by Crippen LogP contribution is -2.54. The molecule has 1 amide bonds. The molecule has 1 saturated heterocycles. The van der Waals surface area contributed by atoms with Crippen LogP contribution in [0.15, 0.2) is 24.3 Å². The van der Waals surface area contributed by atoms with E-state index < -0.39 is 0 Å². The topological polar surface area (TPSA) is 32.3 Å². The smallest absolute Gasteiger partial charge is 0.247 e. The summed E-state index contributed by atoms with van der Waals surface area (Å²) in [5.74, 6) is 0.206. The normalized spacial score (nSPS) is 22.5. The van der Waals surface area contributed by atoms with E-state index in [4.69, 9.17) is 0 Å². The number of rotatable bonds is 4. The van der Waals surface area contributed by atoms with Gasteiger partial charge in [0.05, 0.1) is 5.54 Å². The maximum atomic E-state index is 12.8. The van der Waals surface area contributed by atoms with Crippen molar-refractivity contribution in [1.82, 2.24) is 5.32 Å². The zero-order valence-electron chi connectivity index (χ0n) is 12.2. The summed E-state index contributed by atoms with van der Waals surface area (Å²) in [6.45, 7) is 5.15. The molecule has 1 aromatic rings. The van der Waals surface area contributed by atoms with Crippen molar-refractivity contribution in [2.24, 2.45) is 0 Å². The van der Waals surface area contributed by atoms with E-state index in [0.29, 0.717) is 0 Å². The number of nitrogens with zero attached hydrogens (tertiary/aromatic N) is 1. The van der Waals surface area contributed by atoms with Crippen molar-refractivity contribution in [3.05, 3.63) is 29.8 Å². The molecule has 1 atom stereocenters. The first-order valence-electron chi connectivity index (χ1n) is 7.19. The monoisotopic (exact) mass is 260 g/mol. The fourth-order valence-corrected chi connectivity index (χ4v) is 3.01. The predicted octanol–water partition coefficient (Wildman–Crippen LogP) is 2.88. The minimum absolute atomic E-state index is 0.206. The SMILES string of the molecule is CCCC1(C(=O)N(C)c2cccc(C)c2)CCCN1. The molecular weight excluding hydrogens is 236 g/mol. The Hall–Kier alpha value is -1.35. The predicted molar refractivity (Wildman–Crippen MR) is 79.5 cm³/mol. The van der Waals surface area contributed by atoms with Gasteiger partial charge in [0.15, 0.2) is 0 Å². The van der Waals surface area contributed by atoms with E-state index in [0.717, 1.165) is 37.9 Å². The Morgan fingerprint density at radius 3 is 2.84 bits per heavy atom. The molecule has 1 heterocycles. The number of hydrogen-bond donors (Lipinski definition) is 1. The molecule has 0 bridgehead atoms. The zero-order chi connectivity index (χ0) is 13.9. The standard InChI is InChI=1S/C16H24N2O/c1-4-9-16(10-6-11-17-16)15(19)18(3)14-8-5-7-13(2)12-14/h5,7-8,12,17H,4,6,9-11H2,1-3H3. The molecule has 1 N–H and O–H groups in total. The molecule has 3 heteroatoms. The van der Waals surface area contributed by atoms with Gasteiger partial charge in [0.25, 0.3) is 0 Å². The van der Waals surface area contributed by atoms with Gasteiger partial charge in [-0.2, -0.15) is 0 Å². The van der Waals surface area contributed by atoms with Crippen LogP contribution >= 0.6 is 0 Å². The first kappa shape index (κ1) is 14.1. The first-order chi connectivity index (χ1) is 9.09. The Labute approximate surface area is 116 Å². The minimum atomic E-state index is -0.340. The van der Waals surface area contributed by atoms with Crippen molar-refractivity contribution in [1.29, 1.82) is 0 Å². The molecular formula is C16H24N2O. The molecule has 0 saturated carbocycles. The third-order valence-electron chi connectivity index (χ3n) is 4.02. The molecule has 1 aliphatic rings. The van der Waals surface area contributed by atoms with Gasteiger partial charge in [0.1, 0.15) is 0 Å². The summed E-state index contributed by atoms with van der Waals surface area (Å²) in [5, 5.41) is 3.44. The number of amides is 1. The third-order valence-corrected chi connectivity index (χ3v) is 4.02. The molecule has 19 heavy (non-hydrogen) atoms. The second-order valence-electron chi connectivity index (χ2n) is 5.57. The third kappa shape index (κ3) is 2.81. The summed E-state index contributed by atoms with van der Waals surface area (Å²) in [6, 6.07) is 8.12. The fourth-order valence-electron chi connectivity index (χ4n) is 3.01. The number of benzene rings is 1. The lowest BCUT2D eigenvalue weighted by molar-refractivity contribution is -0.124. The molecule has 1 aromatic carbocycles. The fraction of sp³-hybridized carbons (Fsp3) is 0.562. The molecule has 2 rings (SSSR count). The van der Waals surface area contributed by atoms with Crippen LogP contribution in [0.25, 0.3) is 0 Å². The van der Waals surface area contributed by atoms with E-state index in [1.165, 1.54) is 5.56 Å². The van der Waals surface area contributed by atoms with E-state index in [1.807, 2.05) is 19.2 Å². The van der Waals surface area contributed by atoms with Crippen LogP contribution in [0.2, 0.25) is 0 Å². The number of carbonyl (C=O) groups is 1. The second kappa shape index (κ2) is 5.74. The maximum Gasteiger partial charge on any atom is 0.247 e. The molecule has 1 unspecified atom stereocenters. The first-order valence-corrected chi connectivity index (χ1v) is 7.19. The van der Waals surface area contributed by atoms with Crippen LogP contribution in [0.1, 0.15) is 38.2 Å². The minimum Gasteiger partial charge on any atom is -0.314 e. The van der Waals surface area contributed by atoms with E-state index in [9.17, 15) is 4.79 Å². The van der Waals surface area contributed by atoms with Crippen molar-refractivity contribution < 1.29 is 4.79 Å². The van der Waals surface area contributed by atoms with Crippen LogP contribution in [-0.2, 0) is 4.79 Å². The molecule has 3 nitrogen and oxygen atoms in total. The lowest BCUT2D eigenvalue weighted by Gasteiger charge is -2.32. The number of anilines is 1. The number of carbonyl (C=O) groups excluding carboxylic acids is 1. The van der Waals surface area contributed by atoms with Crippen LogP contribution in [-0.4, -0.2) is 25.0 Å². The molecule has 1 fully saturated rings. The highest BCUT2D eigenvalue weighted by atomic mass is 16.2. The van der Waals surface area contributed by atoms with Gasteiger partial charge >= 0.3 is 0 Å². The van der Waals surface area contributed by atoms with Crippen molar-refractivity contribution in [2.45, 2.75) is 45.1 Å². The Balaban J connectivity index is 2.22.